The fourth-order valence-corrected chi connectivity index (χ4v) is 3.73. The first-order chi connectivity index (χ1) is 12.7. The van der Waals surface area contributed by atoms with E-state index in [2.05, 4.69) is 39.8 Å². The molecular weight excluding hydrogens is 346 g/mol. The maximum Gasteiger partial charge on any atom is 0.309 e. The van der Waals surface area contributed by atoms with Crippen LogP contribution < -0.4 is 15.5 Å². The van der Waals surface area contributed by atoms with Crippen LogP contribution in [0.3, 0.4) is 0 Å². The molecule has 1 aromatic heterocycles. The van der Waals surface area contributed by atoms with Crippen molar-refractivity contribution in [3.63, 3.8) is 0 Å². The lowest BCUT2D eigenvalue weighted by molar-refractivity contribution is -0.139. The lowest BCUT2D eigenvalue weighted by Crippen LogP contribution is -2.39. The van der Waals surface area contributed by atoms with E-state index >= 15 is 0 Å². The van der Waals surface area contributed by atoms with E-state index in [-0.39, 0.29) is 0 Å². The average Bonchev–Trinajstić information content (AvgIpc) is 3.37. The van der Waals surface area contributed by atoms with Gasteiger partial charge < -0.3 is 15.5 Å². The molecule has 138 valence electrons. The Hall–Kier alpha value is -2.34. The summed E-state index contributed by atoms with van der Waals surface area (Å²) >= 11 is 1.56. The zero-order chi connectivity index (χ0) is 18.2. The van der Waals surface area contributed by atoms with Gasteiger partial charge >= 0.3 is 11.8 Å². The highest BCUT2D eigenvalue weighted by atomic mass is 32.1. The molecular formula is C20H25N3O2S. The molecule has 0 spiro atoms. The standard InChI is InChI=1S/C20H25N3O2S/c24-19(20(25)22-15-18-6-4-14-26-18)21-11-3-5-16-7-9-17(10-8-16)23-12-1-2-13-23/h4,6-10,14H,1-3,5,11-13,15H2,(H,21,24)(H,22,25). The van der Waals surface area contributed by atoms with E-state index in [1.165, 1.54) is 24.1 Å². The lowest BCUT2D eigenvalue weighted by atomic mass is 10.1. The second kappa shape index (κ2) is 9.38. The minimum Gasteiger partial charge on any atom is -0.372 e. The van der Waals surface area contributed by atoms with Gasteiger partial charge in [-0.1, -0.05) is 18.2 Å². The van der Waals surface area contributed by atoms with Crippen molar-refractivity contribution in [2.75, 3.05) is 24.5 Å². The van der Waals surface area contributed by atoms with E-state index in [1.807, 2.05) is 17.5 Å². The van der Waals surface area contributed by atoms with Crippen molar-refractivity contribution in [3.8, 4) is 0 Å². The summed E-state index contributed by atoms with van der Waals surface area (Å²) in [5, 5.41) is 7.26. The molecule has 2 heterocycles. The molecule has 6 heteroatoms. The van der Waals surface area contributed by atoms with Gasteiger partial charge in [-0.15, -0.1) is 11.3 Å². The van der Waals surface area contributed by atoms with Crippen LogP contribution in [-0.4, -0.2) is 31.4 Å². The quantitative estimate of drug-likeness (QED) is 0.581. The van der Waals surface area contributed by atoms with E-state index in [0.717, 1.165) is 30.8 Å². The number of rotatable bonds is 7. The number of aryl methyl sites for hydroxylation is 1. The number of hydrogen-bond acceptors (Lipinski definition) is 4. The molecule has 2 amide bonds. The van der Waals surface area contributed by atoms with Crippen molar-refractivity contribution < 1.29 is 9.59 Å². The monoisotopic (exact) mass is 371 g/mol. The van der Waals surface area contributed by atoms with E-state index in [1.54, 1.807) is 11.3 Å². The van der Waals surface area contributed by atoms with Crippen molar-refractivity contribution in [3.05, 3.63) is 52.2 Å². The second-order valence-electron chi connectivity index (χ2n) is 6.48. The Balaban J connectivity index is 1.32. The van der Waals surface area contributed by atoms with Gasteiger partial charge in [-0.2, -0.15) is 0 Å². The molecule has 1 aliphatic heterocycles. The zero-order valence-electron chi connectivity index (χ0n) is 14.9. The number of carbonyl (C=O) groups is 2. The van der Waals surface area contributed by atoms with Crippen LogP contribution in [0.2, 0.25) is 0 Å². The van der Waals surface area contributed by atoms with Gasteiger partial charge in [0.2, 0.25) is 0 Å². The Kier molecular flexibility index (Phi) is 6.66. The van der Waals surface area contributed by atoms with Crippen LogP contribution in [-0.2, 0) is 22.6 Å². The number of amides is 2. The molecule has 0 aliphatic carbocycles. The maximum absolute atomic E-state index is 11.8. The van der Waals surface area contributed by atoms with E-state index in [0.29, 0.717) is 13.1 Å². The third kappa shape index (κ3) is 5.33. The normalized spacial score (nSPS) is 13.6. The molecule has 1 aromatic carbocycles. The minimum atomic E-state index is -0.576. The Bertz CT molecular complexity index is 707. The van der Waals surface area contributed by atoms with Gasteiger partial charge in [0.25, 0.3) is 0 Å². The molecule has 5 nitrogen and oxygen atoms in total. The van der Waals surface area contributed by atoms with Gasteiger partial charge in [-0.05, 0) is 54.8 Å². The second-order valence-corrected chi connectivity index (χ2v) is 7.51. The summed E-state index contributed by atoms with van der Waals surface area (Å²) in [7, 11) is 0. The van der Waals surface area contributed by atoms with Gasteiger partial charge in [0.15, 0.2) is 0 Å². The average molecular weight is 372 g/mol. The molecule has 1 fully saturated rings. The van der Waals surface area contributed by atoms with Crippen LogP contribution in [0.25, 0.3) is 0 Å². The van der Waals surface area contributed by atoms with Crippen LogP contribution in [0.15, 0.2) is 41.8 Å². The summed E-state index contributed by atoms with van der Waals surface area (Å²) in [6.07, 6.45) is 4.26. The molecule has 0 saturated carbocycles. The van der Waals surface area contributed by atoms with Gasteiger partial charge in [0.05, 0.1) is 6.54 Å². The summed E-state index contributed by atoms with van der Waals surface area (Å²) in [6.45, 7) is 3.20. The topological polar surface area (TPSA) is 61.4 Å². The number of hydrogen-bond donors (Lipinski definition) is 2. The number of anilines is 1. The maximum atomic E-state index is 11.8. The molecule has 0 atom stereocenters. The summed E-state index contributed by atoms with van der Waals surface area (Å²) < 4.78 is 0. The zero-order valence-corrected chi connectivity index (χ0v) is 15.7. The first-order valence-corrected chi connectivity index (χ1v) is 10.0. The van der Waals surface area contributed by atoms with Gasteiger partial charge in [0, 0.05) is 30.2 Å². The Morgan fingerprint density at radius 2 is 1.73 bits per heavy atom. The molecule has 1 saturated heterocycles. The highest BCUT2D eigenvalue weighted by Crippen LogP contribution is 2.20. The summed E-state index contributed by atoms with van der Waals surface area (Å²) in [5.41, 5.74) is 2.55. The third-order valence-corrected chi connectivity index (χ3v) is 5.42. The first-order valence-electron chi connectivity index (χ1n) is 9.15. The number of thiophene rings is 1. The minimum absolute atomic E-state index is 0.396. The summed E-state index contributed by atoms with van der Waals surface area (Å²) in [4.78, 5) is 27.0. The predicted octanol–water partition coefficient (Wildman–Crippen LogP) is 2.71. The van der Waals surface area contributed by atoms with Gasteiger partial charge in [-0.25, -0.2) is 0 Å². The number of nitrogens with one attached hydrogen (secondary N) is 2. The summed E-state index contributed by atoms with van der Waals surface area (Å²) in [6, 6.07) is 12.5. The highest BCUT2D eigenvalue weighted by molar-refractivity contribution is 7.09. The molecule has 26 heavy (non-hydrogen) atoms. The van der Waals surface area contributed by atoms with Gasteiger partial charge in [-0.3, -0.25) is 9.59 Å². The van der Waals surface area contributed by atoms with E-state index in [9.17, 15) is 9.59 Å². The van der Waals surface area contributed by atoms with Gasteiger partial charge in [0.1, 0.15) is 0 Å². The number of carbonyl (C=O) groups excluding carboxylic acids is 2. The van der Waals surface area contributed by atoms with E-state index < -0.39 is 11.8 Å². The van der Waals surface area contributed by atoms with Crippen LogP contribution >= 0.6 is 11.3 Å². The first kappa shape index (κ1) is 18.5. The molecule has 3 rings (SSSR count). The summed E-state index contributed by atoms with van der Waals surface area (Å²) in [5.74, 6) is -1.14. The molecule has 0 bridgehead atoms. The fraction of sp³-hybridized carbons (Fsp3) is 0.400. The molecule has 2 N–H and O–H groups in total. The Labute approximate surface area is 158 Å². The van der Waals surface area contributed by atoms with Crippen molar-refractivity contribution in [1.82, 2.24) is 10.6 Å². The predicted molar refractivity (Wildman–Crippen MR) is 105 cm³/mol. The number of benzene rings is 1. The highest BCUT2D eigenvalue weighted by Gasteiger charge is 2.13. The van der Waals surface area contributed by atoms with Crippen LogP contribution in [0.5, 0.6) is 0 Å². The Morgan fingerprint density at radius 1 is 1.00 bits per heavy atom. The Morgan fingerprint density at radius 3 is 2.42 bits per heavy atom. The van der Waals surface area contributed by atoms with E-state index in [4.69, 9.17) is 0 Å². The SMILES string of the molecule is O=C(NCCCc1ccc(N2CCCC2)cc1)C(=O)NCc1cccs1. The third-order valence-electron chi connectivity index (χ3n) is 4.54. The largest absolute Gasteiger partial charge is 0.372 e. The van der Waals surface area contributed by atoms with Crippen LogP contribution in [0.1, 0.15) is 29.7 Å². The molecule has 1 aliphatic rings. The van der Waals surface area contributed by atoms with Crippen LogP contribution in [0.4, 0.5) is 5.69 Å². The number of nitrogens with zero attached hydrogens (tertiary/aromatic N) is 1. The van der Waals surface area contributed by atoms with Crippen molar-refractivity contribution in [2.24, 2.45) is 0 Å². The van der Waals surface area contributed by atoms with Crippen molar-refractivity contribution >= 4 is 28.8 Å². The van der Waals surface area contributed by atoms with Crippen molar-refractivity contribution in [2.45, 2.75) is 32.2 Å². The smallest absolute Gasteiger partial charge is 0.309 e. The molecule has 0 unspecified atom stereocenters. The lowest BCUT2D eigenvalue weighted by Gasteiger charge is -2.17. The van der Waals surface area contributed by atoms with Crippen LogP contribution in [0, 0.1) is 0 Å². The molecule has 2 aromatic rings. The fourth-order valence-electron chi connectivity index (χ4n) is 3.08. The molecule has 0 radical (unpaired) electrons. The van der Waals surface area contributed by atoms with Crippen molar-refractivity contribution in [1.29, 1.82) is 0 Å².